The second kappa shape index (κ2) is 10.5. The van der Waals surface area contributed by atoms with Crippen LogP contribution in [-0.2, 0) is 22.7 Å². The van der Waals surface area contributed by atoms with Crippen LogP contribution >= 0.6 is 11.3 Å². The van der Waals surface area contributed by atoms with Gasteiger partial charge in [0.15, 0.2) is 0 Å². The fourth-order valence-corrected chi connectivity index (χ4v) is 3.52. The van der Waals surface area contributed by atoms with Gasteiger partial charge < -0.3 is 14.4 Å². The molecule has 3 rings (SSSR count). The van der Waals surface area contributed by atoms with E-state index in [1.807, 2.05) is 48.7 Å². The topological polar surface area (TPSA) is 68.7 Å². The van der Waals surface area contributed by atoms with E-state index in [9.17, 15) is 9.59 Å². The van der Waals surface area contributed by atoms with E-state index in [-0.39, 0.29) is 24.8 Å². The van der Waals surface area contributed by atoms with Gasteiger partial charge in [0.2, 0.25) is 0 Å². The van der Waals surface area contributed by atoms with Crippen LogP contribution in [0.25, 0.3) is 0 Å². The van der Waals surface area contributed by atoms with Crippen molar-refractivity contribution in [3.8, 4) is 5.75 Å². The standard InChI is InChI=1S/C23H24N2O4S/c1-17-24-20(16-30-17)15-29-21-10-6-9-19(13-21)23(27)25(12-11-22(26)28-2)14-18-7-4-3-5-8-18/h3-10,13,16H,11-12,14-15H2,1-2H3. The van der Waals surface area contributed by atoms with Crippen molar-refractivity contribution in [1.29, 1.82) is 0 Å². The van der Waals surface area contributed by atoms with Crippen LogP contribution in [-0.4, -0.2) is 35.4 Å². The van der Waals surface area contributed by atoms with Crippen molar-refractivity contribution in [3.63, 3.8) is 0 Å². The van der Waals surface area contributed by atoms with E-state index in [2.05, 4.69) is 4.98 Å². The molecule has 1 amide bonds. The fourth-order valence-electron chi connectivity index (χ4n) is 2.92. The maximum atomic E-state index is 13.2. The van der Waals surface area contributed by atoms with Gasteiger partial charge in [0, 0.05) is 24.0 Å². The molecule has 0 aliphatic heterocycles. The number of hydrogen-bond acceptors (Lipinski definition) is 6. The molecular formula is C23H24N2O4S. The van der Waals surface area contributed by atoms with Crippen LogP contribution in [0.15, 0.2) is 60.0 Å². The minimum Gasteiger partial charge on any atom is -0.487 e. The highest BCUT2D eigenvalue weighted by Crippen LogP contribution is 2.19. The molecule has 0 atom stereocenters. The largest absolute Gasteiger partial charge is 0.487 e. The second-order valence-corrected chi connectivity index (χ2v) is 7.78. The molecule has 1 aromatic heterocycles. The van der Waals surface area contributed by atoms with Crippen LogP contribution in [0.3, 0.4) is 0 Å². The summed E-state index contributed by atoms with van der Waals surface area (Å²) in [5, 5.41) is 2.94. The molecule has 6 nitrogen and oxygen atoms in total. The Labute approximate surface area is 180 Å². The zero-order valence-corrected chi connectivity index (χ0v) is 17.9. The smallest absolute Gasteiger partial charge is 0.307 e. The van der Waals surface area contributed by atoms with Crippen molar-refractivity contribution in [2.24, 2.45) is 0 Å². The lowest BCUT2D eigenvalue weighted by Crippen LogP contribution is -2.32. The summed E-state index contributed by atoms with van der Waals surface area (Å²) < 4.78 is 10.5. The van der Waals surface area contributed by atoms with Crippen LogP contribution < -0.4 is 4.74 Å². The van der Waals surface area contributed by atoms with Gasteiger partial charge in [-0.25, -0.2) is 4.98 Å². The highest BCUT2D eigenvalue weighted by molar-refractivity contribution is 7.09. The normalized spacial score (nSPS) is 10.5. The first-order valence-corrected chi connectivity index (χ1v) is 10.5. The Morgan fingerprint density at radius 3 is 2.60 bits per heavy atom. The van der Waals surface area contributed by atoms with Crippen LogP contribution in [0.2, 0.25) is 0 Å². The number of aromatic nitrogens is 1. The van der Waals surface area contributed by atoms with Crippen molar-refractivity contribution in [1.82, 2.24) is 9.88 Å². The van der Waals surface area contributed by atoms with Crippen molar-refractivity contribution < 1.29 is 19.1 Å². The first-order valence-electron chi connectivity index (χ1n) is 9.59. The number of rotatable bonds is 9. The number of ether oxygens (including phenoxy) is 2. The number of aryl methyl sites for hydroxylation is 1. The number of carbonyl (C=O) groups is 2. The fraction of sp³-hybridized carbons (Fsp3) is 0.261. The first kappa shape index (κ1) is 21.5. The number of carbonyl (C=O) groups excluding carboxylic acids is 2. The summed E-state index contributed by atoms with van der Waals surface area (Å²) in [5.41, 5.74) is 2.35. The lowest BCUT2D eigenvalue weighted by atomic mass is 10.1. The van der Waals surface area contributed by atoms with E-state index in [0.29, 0.717) is 24.5 Å². The van der Waals surface area contributed by atoms with Gasteiger partial charge in [-0.1, -0.05) is 36.4 Å². The average Bonchev–Trinajstić information content (AvgIpc) is 3.20. The van der Waals surface area contributed by atoms with Gasteiger partial charge in [0.25, 0.3) is 5.91 Å². The van der Waals surface area contributed by atoms with E-state index in [0.717, 1.165) is 16.3 Å². The van der Waals surface area contributed by atoms with Crippen molar-refractivity contribution in [2.75, 3.05) is 13.7 Å². The van der Waals surface area contributed by atoms with Gasteiger partial charge in [-0.15, -0.1) is 11.3 Å². The SMILES string of the molecule is COC(=O)CCN(Cc1ccccc1)C(=O)c1cccc(OCc2csc(C)n2)c1. The zero-order valence-electron chi connectivity index (χ0n) is 17.0. The molecule has 7 heteroatoms. The van der Waals surface area contributed by atoms with Gasteiger partial charge in [0.05, 0.1) is 24.2 Å². The molecule has 0 bridgehead atoms. The maximum absolute atomic E-state index is 13.2. The molecule has 3 aromatic rings. The van der Waals surface area contributed by atoms with Gasteiger partial charge in [-0.2, -0.15) is 0 Å². The molecule has 0 unspecified atom stereocenters. The molecule has 0 aliphatic carbocycles. The molecular weight excluding hydrogens is 400 g/mol. The van der Waals surface area contributed by atoms with Crippen LogP contribution in [0.4, 0.5) is 0 Å². The number of esters is 1. The predicted molar refractivity (Wildman–Crippen MR) is 115 cm³/mol. The second-order valence-electron chi connectivity index (χ2n) is 6.71. The third-order valence-electron chi connectivity index (χ3n) is 4.45. The van der Waals surface area contributed by atoms with Gasteiger partial charge in [-0.05, 0) is 30.7 Å². The Morgan fingerprint density at radius 1 is 1.10 bits per heavy atom. The predicted octanol–water partition coefficient (Wildman–Crippen LogP) is 4.24. The number of methoxy groups -OCH3 is 1. The molecule has 0 N–H and O–H groups in total. The quantitative estimate of drug-likeness (QED) is 0.481. The zero-order chi connectivity index (χ0) is 21.3. The molecule has 0 spiro atoms. The number of nitrogens with zero attached hydrogens (tertiary/aromatic N) is 2. The molecule has 1 heterocycles. The Morgan fingerprint density at radius 2 is 1.90 bits per heavy atom. The van der Waals surface area contributed by atoms with Crippen molar-refractivity contribution >= 4 is 23.2 Å². The summed E-state index contributed by atoms with van der Waals surface area (Å²) in [7, 11) is 1.34. The Hall–Kier alpha value is -3.19. The van der Waals surface area contributed by atoms with Gasteiger partial charge >= 0.3 is 5.97 Å². The van der Waals surface area contributed by atoms with Crippen molar-refractivity contribution in [3.05, 3.63) is 81.8 Å². The minimum absolute atomic E-state index is 0.133. The first-order chi connectivity index (χ1) is 14.5. The molecule has 2 aromatic carbocycles. The third-order valence-corrected chi connectivity index (χ3v) is 5.27. The Bertz CT molecular complexity index is 988. The third kappa shape index (κ3) is 6.15. The Balaban J connectivity index is 1.72. The summed E-state index contributed by atoms with van der Waals surface area (Å²) in [4.78, 5) is 30.8. The molecule has 0 radical (unpaired) electrons. The van der Waals surface area contributed by atoms with E-state index in [4.69, 9.17) is 9.47 Å². The number of amides is 1. The lowest BCUT2D eigenvalue weighted by Gasteiger charge is -2.23. The molecule has 0 saturated carbocycles. The summed E-state index contributed by atoms with van der Waals surface area (Å²) in [6.07, 6.45) is 0.133. The average molecular weight is 425 g/mol. The summed E-state index contributed by atoms with van der Waals surface area (Å²) in [6, 6.07) is 16.7. The van der Waals surface area contributed by atoms with E-state index in [1.54, 1.807) is 34.4 Å². The minimum atomic E-state index is -0.350. The summed E-state index contributed by atoms with van der Waals surface area (Å²) in [6.45, 7) is 2.96. The van der Waals surface area contributed by atoms with Gasteiger partial charge in [0.1, 0.15) is 12.4 Å². The molecule has 0 fully saturated rings. The van der Waals surface area contributed by atoms with Crippen LogP contribution in [0, 0.1) is 6.92 Å². The number of thiazole rings is 1. The highest BCUT2D eigenvalue weighted by atomic mass is 32.1. The Kier molecular flexibility index (Phi) is 7.57. The van der Waals surface area contributed by atoms with Crippen molar-refractivity contribution in [2.45, 2.75) is 26.5 Å². The molecule has 156 valence electrons. The van der Waals surface area contributed by atoms with E-state index in [1.165, 1.54) is 7.11 Å². The highest BCUT2D eigenvalue weighted by Gasteiger charge is 2.18. The van der Waals surface area contributed by atoms with Gasteiger partial charge in [-0.3, -0.25) is 9.59 Å². The summed E-state index contributed by atoms with van der Waals surface area (Å²) >= 11 is 1.57. The number of hydrogen-bond donors (Lipinski definition) is 0. The van der Waals surface area contributed by atoms with E-state index >= 15 is 0 Å². The lowest BCUT2D eigenvalue weighted by molar-refractivity contribution is -0.140. The maximum Gasteiger partial charge on any atom is 0.307 e. The number of benzene rings is 2. The molecule has 30 heavy (non-hydrogen) atoms. The monoisotopic (exact) mass is 424 g/mol. The van der Waals surface area contributed by atoms with Crippen LogP contribution in [0.5, 0.6) is 5.75 Å². The van der Waals surface area contributed by atoms with E-state index < -0.39 is 0 Å². The molecule has 0 aliphatic rings. The summed E-state index contributed by atoms with van der Waals surface area (Å²) in [5.74, 6) is 0.0772. The molecule has 0 saturated heterocycles. The van der Waals surface area contributed by atoms with Crippen LogP contribution in [0.1, 0.15) is 33.0 Å².